The van der Waals surface area contributed by atoms with Crippen LogP contribution >= 0.6 is 0 Å². The first-order chi connectivity index (χ1) is 17.1. The fourth-order valence-corrected chi connectivity index (χ4v) is 4.57. The fourth-order valence-electron chi connectivity index (χ4n) is 4.57. The van der Waals surface area contributed by atoms with Crippen LogP contribution in [0.15, 0.2) is 47.4 Å². The van der Waals surface area contributed by atoms with Crippen LogP contribution in [0.2, 0.25) is 0 Å². The van der Waals surface area contributed by atoms with Crippen LogP contribution in [0, 0.1) is 0 Å². The van der Waals surface area contributed by atoms with Gasteiger partial charge in [0.2, 0.25) is 11.8 Å². The Labute approximate surface area is 201 Å². The van der Waals surface area contributed by atoms with Crippen LogP contribution in [0.1, 0.15) is 59.6 Å². The quantitative estimate of drug-likeness (QED) is 0.431. The third kappa shape index (κ3) is 4.23. The van der Waals surface area contributed by atoms with E-state index in [1.54, 1.807) is 10.8 Å². The summed E-state index contributed by atoms with van der Waals surface area (Å²) in [5.41, 5.74) is 3.13. The average Bonchev–Trinajstić information content (AvgIpc) is 3.48. The van der Waals surface area contributed by atoms with Crippen LogP contribution in [0.5, 0.6) is 11.6 Å². The van der Waals surface area contributed by atoms with Gasteiger partial charge in [0.25, 0.3) is 0 Å². The molecule has 1 N–H and O–H groups in total. The average molecular weight is 472 g/mol. The van der Waals surface area contributed by atoms with Gasteiger partial charge in [-0.25, -0.2) is 9.97 Å². The second-order valence-corrected chi connectivity index (χ2v) is 9.14. The molecule has 9 heteroatoms. The highest BCUT2D eigenvalue weighted by molar-refractivity contribution is 5.93. The monoisotopic (exact) mass is 471 g/mol. The van der Waals surface area contributed by atoms with Crippen LogP contribution in [-0.4, -0.2) is 37.4 Å². The number of aromatic nitrogens is 4. The summed E-state index contributed by atoms with van der Waals surface area (Å²) in [7, 11) is 0. The zero-order valence-electron chi connectivity index (χ0n) is 19.4. The Kier molecular flexibility index (Phi) is 5.41. The van der Waals surface area contributed by atoms with Crippen molar-refractivity contribution in [1.29, 1.82) is 0 Å². The molecule has 2 aliphatic rings. The second kappa shape index (κ2) is 8.74. The number of benzene rings is 1. The molecule has 0 bridgehead atoms. The van der Waals surface area contributed by atoms with E-state index in [2.05, 4.69) is 20.4 Å². The zero-order chi connectivity index (χ0) is 23.9. The lowest BCUT2D eigenvalue weighted by Gasteiger charge is -2.25. The molecule has 35 heavy (non-hydrogen) atoms. The number of hydrogen-bond donors (Lipinski definition) is 1. The molecule has 178 valence electrons. The lowest BCUT2D eigenvalue weighted by molar-refractivity contribution is -0.120. The van der Waals surface area contributed by atoms with Gasteiger partial charge in [0.1, 0.15) is 23.6 Å². The molecule has 9 nitrogen and oxygen atoms in total. The minimum Gasteiger partial charge on any atom is -0.439 e. The number of carbonyl (C=O) groups excluding carboxylic acids is 2. The van der Waals surface area contributed by atoms with Crippen LogP contribution in [0.4, 0.5) is 0 Å². The molecule has 0 spiro atoms. The number of nitrogens with zero attached hydrogens (tertiary/aromatic N) is 4. The molecule has 1 aliphatic carbocycles. The smallest absolute Gasteiger partial charge is 0.237 e. The van der Waals surface area contributed by atoms with Crippen molar-refractivity contribution in [2.45, 2.75) is 57.5 Å². The van der Waals surface area contributed by atoms with Gasteiger partial charge >= 0.3 is 0 Å². The van der Waals surface area contributed by atoms with Gasteiger partial charge in [-0.3, -0.25) is 14.2 Å². The van der Waals surface area contributed by atoms with Crippen molar-refractivity contribution in [3.8, 4) is 11.6 Å². The van der Waals surface area contributed by atoms with Gasteiger partial charge in [0.05, 0.1) is 29.4 Å². The van der Waals surface area contributed by atoms with E-state index in [1.165, 1.54) is 6.33 Å². The van der Waals surface area contributed by atoms with E-state index in [-0.39, 0.29) is 24.2 Å². The second-order valence-electron chi connectivity index (χ2n) is 9.14. The SMILES string of the molecule is CCC(=O)C1Cc2c(ncnc2Oc2ccc3c(ccn3C(=O)Cc3cc(C4CC4)on3)c2)CN1. The van der Waals surface area contributed by atoms with Crippen molar-refractivity contribution in [2.24, 2.45) is 0 Å². The Hall–Kier alpha value is -3.85. The highest BCUT2D eigenvalue weighted by Crippen LogP contribution is 2.40. The van der Waals surface area contributed by atoms with E-state index in [0.717, 1.165) is 40.8 Å². The molecule has 1 saturated carbocycles. The predicted octanol–water partition coefficient (Wildman–Crippen LogP) is 3.97. The minimum atomic E-state index is -0.256. The number of Topliss-reactive ketones (excluding diaryl/α,β-unsaturated/α-hetero) is 1. The summed E-state index contributed by atoms with van der Waals surface area (Å²) in [4.78, 5) is 33.8. The Morgan fingerprint density at radius 2 is 2.09 bits per heavy atom. The summed E-state index contributed by atoms with van der Waals surface area (Å²) < 4.78 is 13.1. The maximum absolute atomic E-state index is 12.9. The lowest BCUT2D eigenvalue weighted by Crippen LogP contribution is -2.42. The highest BCUT2D eigenvalue weighted by Gasteiger charge is 2.29. The Morgan fingerprint density at radius 1 is 1.20 bits per heavy atom. The van der Waals surface area contributed by atoms with Crippen molar-refractivity contribution < 1.29 is 18.8 Å². The molecule has 1 atom stereocenters. The molecule has 4 aromatic rings. The van der Waals surface area contributed by atoms with Gasteiger partial charge in [-0.2, -0.15) is 0 Å². The van der Waals surface area contributed by atoms with Crippen LogP contribution < -0.4 is 10.1 Å². The number of ether oxygens (including phenoxy) is 1. The van der Waals surface area contributed by atoms with E-state index in [0.29, 0.717) is 42.6 Å². The van der Waals surface area contributed by atoms with Gasteiger partial charge in [-0.15, -0.1) is 0 Å². The molecule has 1 aromatic carbocycles. The van der Waals surface area contributed by atoms with Gasteiger partial charge < -0.3 is 14.6 Å². The maximum atomic E-state index is 12.9. The third-order valence-electron chi connectivity index (χ3n) is 6.69. The summed E-state index contributed by atoms with van der Waals surface area (Å²) in [5.74, 6) is 2.48. The van der Waals surface area contributed by atoms with Gasteiger partial charge in [-0.1, -0.05) is 12.1 Å². The lowest BCUT2D eigenvalue weighted by atomic mass is 9.96. The Balaban J connectivity index is 1.21. The summed E-state index contributed by atoms with van der Waals surface area (Å²) in [6.45, 7) is 2.37. The first-order valence-corrected chi connectivity index (χ1v) is 12.0. The maximum Gasteiger partial charge on any atom is 0.237 e. The fraction of sp³-hybridized carbons (Fsp3) is 0.346. The van der Waals surface area contributed by atoms with Crippen molar-refractivity contribution in [3.05, 3.63) is 65.6 Å². The molecule has 1 fully saturated rings. The van der Waals surface area contributed by atoms with E-state index in [1.807, 2.05) is 37.3 Å². The number of nitrogens with one attached hydrogen (secondary N) is 1. The summed E-state index contributed by atoms with van der Waals surface area (Å²) in [6.07, 6.45) is 6.64. The number of carbonyl (C=O) groups is 2. The van der Waals surface area contributed by atoms with Crippen LogP contribution in [0.3, 0.4) is 0 Å². The first-order valence-electron chi connectivity index (χ1n) is 12.0. The molecule has 3 aromatic heterocycles. The van der Waals surface area contributed by atoms with Gasteiger partial charge in [-0.05, 0) is 37.1 Å². The zero-order valence-corrected chi connectivity index (χ0v) is 19.4. The summed E-state index contributed by atoms with van der Waals surface area (Å²) in [5, 5.41) is 8.17. The molecule has 1 unspecified atom stereocenters. The largest absolute Gasteiger partial charge is 0.439 e. The molecule has 0 saturated heterocycles. The number of fused-ring (bicyclic) bond motifs is 2. The predicted molar refractivity (Wildman–Crippen MR) is 126 cm³/mol. The molecule has 6 rings (SSSR count). The summed E-state index contributed by atoms with van der Waals surface area (Å²) >= 11 is 0. The number of rotatable bonds is 7. The van der Waals surface area contributed by atoms with Gasteiger partial charge in [0.15, 0.2) is 0 Å². The van der Waals surface area contributed by atoms with Crippen molar-refractivity contribution in [3.63, 3.8) is 0 Å². The molecular weight excluding hydrogens is 446 g/mol. The normalized spacial score (nSPS) is 17.3. The highest BCUT2D eigenvalue weighted by atomic mass is 16.5. The van der Waals surface area contributed by atoms with E-state index >= 15 is 0 Å². The molecule has 0 amide bonds. The van der Waals surface area contributed by atoms with E-state index in [9.17, 15) is 9.59 Å². The van der Waals surface area contributed by atoms with Crippen LogP contribution in [-0.2, 0) is 24.2 Å². The standard InChI is InChI=1S/C26H25N5O4/c1-2-23(32)20-12-19-21(13-27-20)28-14-29-26(19)34-18-5-6-22-16(9-18)7-8-31(22)25(33)11-17-10-24(35-30-17)15-3-4-15/h5-10,14-15,20,27H,2-4,11-13H2,1H3. The third-order valence-corrected chi connectivity index (χ3v) is 6.69. The first kappa shape index (κ1) is 21.7. The Bertz CT molecular complexity index is 1430. The summed E-state index contributed by atoms with van der Waals surface area (Å²) in [6, 6.07) is 9.08. The minimum absolute atomic E-state index is 0.0756. The van der Waals surface area contributed by atoms with Crippen molar-refractivity contribution in [2.75, 3.05) is 0 Å². The van der Waals surface area contributed by atoms with Crippen molar-refractivity contribution in [1.82, 2.24) is 25.0 Å². The molecule has 1 aliphatic heterocycles. The van der Waals surface area contributed by atoms with E-state index < -0.39 is 0 Å². The van der Waals surface area contributed by atoms with Gasteiger partial charge in [0, 0.05) is 48.5 Å². The van der Waals surface area contributed by atoms with Crippen LogP contribution in [0.25, 0.3) is 10.9 Å². The van der Waals surface area contributed by atoms with E-state index in [4.69, 9.17) is 9.26 Å². The molecular formula is C26H25N5O4. The molecule has 4 heterocycles. The Morgan fingerprint density at radius 3 is 2.91 bits per heavy atom. The number of ketones is 1. The number of hydrogen-bond acceptors (Lipinski definition) is 8. The topological polar surface area (TPSA) is 112 Å². The van der Waals surface area contributed by atoms with Crippen molar-refractivity contribution >= 4 is 22.6 Å². The molecule has 0 radical (unpaired) electrons.